The molecule has 0 aliphatic heterocycles. The zero-order chi connectivity index (χ0) is 24.9. The van der Waals surface area contributed by atoms with Crippen LogP contribution in [0.2, 0.25) is 0 Å². The van der Waals surface area contributed by atoms with Crippen LogP contribution >= 0.6 is 0 Å². The number of hydrogen-bond donors (Lipinski definition) is 2. The molecule has 3 aromatic rings. The van der Waals surface area contributed by atoms with Crippen molar-refractivity contribution in [2.24, 2.45) is 0 Å². The molecule has 7 nitrogen and oxygen atoms in total. The van der Waals surface area contributed by atoms with Crippen molar-refractivity contribution >= 4 is 21.6 Å². The number of ether oxygens (including phenoxy) is 2. The molecule has 0 fully saturated rings. The monoisotopic (exact) mass is 482 g/mol. The number of sulfonamides is 1. The molecule has 180 valence electrons. The Kier molecular flexibility index (Phi) is 7.96. The number of aryl methyl sites for hydroxylation is 3. The zero-order valence-corrected chi connectivity index (χ0v) is 20.8. The summed E-state index contributed by atoms with van der Waals surface area (Å²) >= 11 is 0. The van der Waals surface area contributed by atoms with E-state index in [9.17, 15) is 13.2 Å². The van der Waals surface area contributed by atoms with Gasteiger partial charge in [0, 0.05) is 11.8 Å². The lowest BCUT2D eigenvalue weighted by Gasteiger charge is -2.21. The van der Waals surface area contributed by atoms with Gasteiger partial charge in [-0.05, 0) is 56.0 Å². The quantitative estimate of drug-likeness (QED) is 0.478. The van der Waals surface area contributed by atoms with Gasteiger partial charge in [0.1, 0.15) is 6.04 Å². The summed E-state index contributed by atoms with van der Waals surface area (Å²) in [7, 11) is -1.15. The van der Waals surface area contributed by atoms with Crippen LogP contribution in [0, 0.1) is 20.8 Å². The second kappa shape index (κ2) is 10.7. The first kappa shape index (κ1) is 25.3. The number of carbonyl (C=O) groups is 1. The molecule has 0 aromatic heterocycles. The summed E-state index contributed by atoms with van der Waals surface area (Å²) in [6, 6.07) is 16.5. The van der Waals surface area contributed by atoms with Crippen LogP contribution in [-0.2, 0) is 21.2 Å². The number of anilines is 1. The fourth-order valence-electron chi connectivity index (χ4n) is 3.86. The lowest BCUT2D eigenvalue weighted by Crippen LogP contribution is -2.45. The second-order valence-corrected chi connectivity index (χ2v) is 9.86. The molecule has 0 radical (unpaired) electrons. The summed E-state index contributed by atoms with van der Waals surface area (Å²) in [4.78, 5) is 13.3. The molecular weight excluding hydrogens is 452 g/mol. The van der Waals surface area contributed by atoms with E-state index in [2.05, 4.69) is 10.0 Å². The SMILES string of the molecule is COc1ccc(S(=O)(=O)N[C@@H](Cc2ccccc2)C(=O)Nc2c(C)cc(C)cc2C)cc1OC. The Labute approximate surface area is 201 Å². The number of carbonyl (C=O) groups excluding carboxylic acids is 1. The van der Waals surface area contributed by atoms with Crippen molar-refractivity contribution in [2.75, 3.05) is 19.5 Å². The summed E-state index contributed by atoms with van der Waals surface area (Å²) in [5.74, 6) is 0.244. The predicted molar refractivity (Wildman–Crippen MR) is 133 cm³/mol. The Hall–Kier alpha value is -3.36. The molecule has 8 heteroatoms. The Morgan fingerprint density at radius 2 is 1.50 bits per heavy atom. The largest absolute Gasteiger partial charge is 0.493 e. The lowest BCUT2D eigenvalue weighted by atomic mass is 10.0. The number of methoxy groups -OCH3 is 2. The van der Waals surface area contributed by atoms with E-state index >= 15 is 0 Å². The van der Waals surface area contributed by atoms with Gasteiger partial charge in [-0.1, -0.05) is 48.0 Å². The Bertz CT molecular complexity index is 1250. The maximum Gasteiger partial charge on any atom is 0.242 e. The first-order valence-electron chi connectivity index (χ1n) is 10.8. The Morgan fingerprint density at radius 3 is 2.09 bits per heavy atom. The highest BCUT2D eigenvalue weighted by atomic mass is 32.2. The van der Waals surface area contributed by atoms with Gasteiger partial charge < -0.3 is 14.8 Å². The summed E-state index contributed by atoms with van der Waals surface area (Å²) < 4.78 is 39.5. The molecule has 2 N–H and O–H groups in total. The van der Waals surface area contributed by atoms with Gasteiger partial charge in [-0.15, -0.1) is 0 Å². The molecule has 1 atom stereocenters. The van der Waals surface area contributed by atoms with Gasteiger partial charge in [0.2, 0.25) is 15.9 Å². The van der Waals surface area contributed by atoms with Gasteiger partial charge in [-0.3, -0.25) is 4.79 Å². The van der Waals surface area contributed by atoms with Crippen molar-refractivity contribution in [3.63, 3.8) is 0 Å². The molecule has 0 saturated heterocycles. The highest BCUT2D eigenvalue weighted by molar-refractivity contribution is 7.89. The van der Waals surface area contributed by atoms with Crippen LogP contribution in [0.3, 0.4) is 0 Å². The van der Waals surface area contributed by atoms with Crippen molar-refractivity contribution in [3.05, 3.63) is 82.9 Å². The minimum atomic E-state index is -4.05. The number of nitrogens with one attached hydrogen (secondary N) is 2. The van der Waals surface area contributed by atoms with E-state index in [4.69, 9.17) is 9.47 Å². The van der Waals surface area contributed by atoms with Gasteiger partial charge in [-0.25, -0.2) is 8.42 Å². The average Bonchev–Trinajstić information content (AvgIpc) is 2.80. The van der Waals surface area contributed by atoms with E-state index in [0.29, 0.717) is 11.4 Å². The summed E-state index contributed by atoms with van der Waals surface area (Å²) in [5.41, 5.74) is 4.41. The third kappa shape index (κ3) is 5.95. The molecular formula is C26H30N2O5S. The number of hydrogen-bond acceptors (Lipinski definition) is 5. The van der Waals surface area contributed by atoms with Crippen molar-refractivity contribution in [2.45, 2.75) is 38.1 Å². The highest BCUT2D eigenvalue weighted by Crippen LogP contribution is 2.29. The lowest BCUT2D eigenvalue weighted by molar-refractivity contribution is -0.117. The predicted octanol–water partition coefficient (Wildman–Crippen LogP) is 4.16. The fraction of sp³-hybridized carbons (Fsp3) is 0.269. The average molecular weight is 483 g/mol. The third-order valence-electron chi connectivity index (χ3n) is 5.49. The van der Waals surface area contributed by atoms with Crippen molar-refractivity contribution in [1.29, 1.82) is 0 Å². The Balaban J connectivity index is 1.94. The standard InChI is InChI=1S/C26H30N2O5S/c1-17-13-18(2)25(19(3)14-17)27-26(29)22(15-20-9-7-6-8-10-20)28-34(30,31)21-11-12-23(32-4)24(16-21)33-5/h6-14,16,22,28H,15H2,1-5H3,(H,27,29)/t22-/m0/s1. The van der Waals surface area contributed by atoms with Crippen LogP contribution in [0.4, 0.5) is 5.69 Å². The molecule has 0 spiro atoms. The molecule has 1 amide bonds. The van der Waals surface area contributed by atoms with Crippen LogP contribution in [0.15, 0.2) is 65.6 Å². The molecule has 0 saturated carbocycles. The van der Waals surface area contributed by atoms with Gasteiger partial charge in [0.15, 0.2) is 11.5 Å². The van der Waals surface area contributed by atoms with Crippen molar-refractivity contribution in [3.8, 4) is 11.5 Å². The smallest absolute Gasteiger partial charge is 0.242 e. The highest BCUT2D eigenvalue weighted by Gasteiger charge is 2.27. The minimum absolute atomic E-state index is 0.0290. The number of rotatable bonds is 9. The van der Waals surface area contributed by atoms with Crippen molar-refractivity contribution in [1.82, 2.24) is 4.72 Å². The topological polar surface area (TPSA) is 93.7 Å². The van der Waals surface area contributed by atoms with E-state index < -0.39 is 22.0 Å². The maximum atomic E-state index is 13.4. The first-order valence-corrected chi connectivity index (χ1v) is 12.3. The van der Waals surface area contributed by atoms with Gasteiger partial charge in [0.05, 0.1) is 19.1 Å². The molecule has 0 bridgehead atoms. The van der Waals surface area contributed by atoms with E-state index in [1.807, 2.05) is 63.2 Å². The molecule has 0 unspecified atom stereocenters. The maximum absolute atomic E-state index is 13.4. The molecule has 34 heavy (non-hydrogen) atoms. The first-order chi connectivity index (χ1) is 16.1. The van der Waals surface area contributed by atoms with Crippen molar-refractivity contribution < 1.29 is 22.7 Å². The van der Waals surface area contributed by atoms with Crippen LogP contribution in [-0.4, -0.2) is 34.6 Å². The van der Waals surface area contributed by atoms with E-state index in [0.717, 1.165) is 22.3 Å². The van der Waals surface area contributed by atoms with Gasteiger partial charge >= 0.3 is 0 Å². The third-order valence-corrected chi connectivity index (χ3v) is 6.96. The summed E-state index contributed by atoms with van der Waals surface area (Å²) in [6.07, 6.45) is 0.184. The van der Waals surface area contributed by atoms with Gasteiger partial charge in [-0.2, -0.15) is 4.72 Å². The van der Waals surface area contributed by atoms with Crippen LogP contribution in [0.1, 0.15) is 22.3 Å². The van der Waals surface area contributed by atoms with Crippen LogP contribution in [0.25, 0.3) is 0 Å². The number of amides is 1. The Morgan fingerprint density at radius 1 is 0.882 bits per heavy atom. The normalized spacial score (nSPS) is 12.1. The van der Waals surface area contributed by atoms with E-state index in [-0.39, 0.29) is 17.1 Å². The van der Waals surface area contributed by atoms with Crippen LogP contribution in [0.5, 0.6) is 11.5 Å². The molecule has 0 aliphatic carbocycles. The summed E-state index contributed by atoms with van der Waals surface area (Å²) in [5, 5.41) is 2.93. The second-order valence-electron chi connectivity index (χ2n) is 8.14. The molecule has 0 heterocycles. The molecule has 0 aliphatic rings. The zero-order valence-electron chi connectivity index (χ0n) is 20.0. The van der Waals surface area contributed by atoms with Crippen LogP contribution < -0.4 is 19.5 Å². The minimum Gasteiger partial charge on any atom is -0.493 e. The summed E-state index contributed by atoms with van der Waals surface area (Å²) in [6.45, 7) is 5.81. The van der Waals surface area contributed by atoms with E-state index in [1.54, 1.807) is 0 Å². The van der Waals surface area contributed by atoms with E-state index in [1.165, 1.54) is 32.4 Å². The number of benzene rings is 3. The molecule has 3 rings (SSSR count). The van der Waals surface area contributed by atoms with Gasteiger partial charge in [0.25, 0.3) is 0 Å². The fourth-order valence-corrected chi connectivity index (χ4v) is 5.07. The molecule has 3 aromatic carbocycles.